The van der Waals surface area contributed by atoms with Gasteiger partial charge in [0.25, 0.3) is 5.91 Å². The second-order valence-electron chi connectivity index (χ2n) is 6.97. The molecule has 0 saturated carbocycles. The van der Waals surface area contributed by atoms with Crippen molar-refractivity contribution in [3.8, 4) is 17.1 Å². The molecule has 156 valence electrons. The summed E-state index contributed by atoms with van der Waals surface area (Å²) in [4.78, 5) is 31.0. The highest BCUT2D eigenvalue weighted by Gasteiger charge is 2.13. The van der Waals surface area contributed by atoms with Crippen molar-refractivity contribution < 1.29 is 19.4 Å². The highest BCUT2D eigenvalue weighted by molar-refractivity contribution is 6.33. The van der Waals surface area contributed by atoms with Gasteiger partial charge in [-0.15, -0.1) is 0 Å². The third kappa shape index (κ3) is 4.67. The Balaban J connectivity index is 1.57. The Labute approximate surface area is 182 Å². The summed E-state index contributed by atoms with van der Waals surface area (Å²) in [7, 11) is 0. The molecule has 4 aromatic rings. The van der Waals surface area contributed by atoms with E-state index in [1.807, 2.05) is 31.2 Å². The number of carbonyl (C=O) groups excluding carboxylic acids is 1. The van der Waals surface area contributed by atoms with Gasteiger partial charge >= 0.3 is 5.97 Å². The second-order valence-corrected chi connectivity index (χ2v) is 7.37. The third-order valence-corrected chi connectivity index (χ3v) is 4.89. The lowest BCUT2D eigenvalue weighted by Gasteiger charge is -2.06. The Hall–Kier alpha value is -3.84. The number of aryl methyl sites for hydroxylation is 1. The van der Waals surface area contributed by atoms with Gasteiger partial charge < -0.3 is 20.1 Å². The van der Waals surface area contributed by atoms with Crippen LogP contribution in [-0.2, 0) is 4.79 Å². The molecule has 0 aliphatic heterocycles. The van der Waals surface area contributed by atoms with Crippen molar-refractivity contribution in [2.45, 2.75) is 6.92 Å². The lowest BCUT2D eigenvalue weighted by atomic mass is 10.1. The summed E-state index contributed by atoms with van der Waals surface area (Å²) in [6, 6.07) is 17.6. The smallest absolute Gasteiger partial charge is 0.341 e. The van der Waals surface area contributed by atoms with Crippen LogP contribution in [0.25, 0.3) is 22.4 Å². The standard InChI is InChI=1S/C23H18ClN3O4/c1-13-3-2-4-15(9-13)25-23(30)14-5-8-19-20(10-14)27-22(26-19)17-7-6-16(11-18(17)24)31-12-21(28)29/h2-11H,12H2,1H3,(H,25,30)(H,26,27)(H,28,29). The van der Waals surface area contributed by atoms with Gasteiger partial charge in [0.05, 0.1) is 16.1 Å². The molecule has 1 amide bonds. The number of halogens is 1. The number of aromatic nitrogens is 2. The number of hydrogen-bond acceptors (Lipinski definition) is 4. The summed E-state index contributed by atoms with van der Waals surface area (Å²) in [6.07, 6.45) is 0. The van der Waals surface area contributed by atoms with Crippen molar-refractivity contribution in [2.24, 2.45) is 0 Å². The molecule has 3 aromatic carbocycles. The fourth-order valence-electron chi connectivity index (χ4n) is 3.13. The maximum absolute atomic E-state index is 12.6. The number of carboxylic acids is 1. The maximum atomic E-state index is 12.6. The third-order valence-electron chi connectivity index (χ3n) is 4.58. The zero-order valence-corrected chi connectivity index (χ0v) is 17.2. The Morgan fingerprint density at radius 2 is 1.97 bits per heavy atom. The highest BCUT2D eigenvalue weighted by Crippen LogP contribution is 2.31. The molecule has 0 atom stereocenters. The fraction of sp³-hybridized carbons (Fsp3) is 0.0870. The molecular weight excluding hydrogens is 418 g/mol. The minimum atomic E-state index is -1.07. The van der Waals surface area contributed by atoms with Gasteiger partial charge in [0.15, 0.2) is 6.61 Å². The molecule has 0 radical (unpaired) electrons. The van der Waals surface area contributed by atoms with Crippen LogP contribution in [0.1, 0.15) is 15.9 Å². The molecule has 0 aliphatic carbocycles. The van der Waals surface area contributed by atoms with Crippen LogP contribution in [0.2, 0.25) is 5.02 Å². The molecule has 0 fully saturated rings. The molecule has 31 heavy (non-hydrogen) atoms. The minimum absolute atomic E-state index is 0.221. The van der Waals surface area contributed by atoms with Crippen molar-refractivity contribution in [3.63, 3.8) is 0 Å². The van der Waals surface area contributed by atoms with Crippen LogP contribution in [0.3, 0.4) is 0 Å². The van der Waals surface area contributed by atoms with E-state index in [1.54, 1.807) is 30.3 Å². The predicted molar refractivity (Wildman–Crippen MR) is 119 cm³/mol. The van der Waals surface area contributed by atoms with Crippen LogP contribution in [-0.4, -0.2) is 33.6 Å². The van der Waals surface area contributed by atoms with Gasteiger partial charge in [-0.05, 0) is 61.0 Å². The number of H-pyrrole nitrogens is 1. The number of hydrogen-bond donors (Lipinski definition) is 3. The molecule has 0 bridgehead atoms. The summed E-state index contributed by atoms with van der Waals surface area (Å²) < 4.78 is 5.14. The van der Waals surface area contributed by atoms with Gasteiger partial charge in [0.2, 0.25) is 0 Å². The second kappa shape index (κ2) is 8.49. The minimum Gasteiger partial charge on any atom is -0.482 e. The average molecular weight is 436 g/mol. The summed E-state index contributed by atoms with van der Waals surface area (Å²) in [5, 5.41) is 12.0. The van der Waals surface area contributed by atoms with E-state index < -0.39 is 12.6 Å². The number of aromatic amines is 1. The average Bonchev–Trinajstić information content (AvgIpc) is 3.15. The molecule has 0 unspecified atom stereocenters. The lowest BCUT2D eigenvalue weighted by molar-refractivity contribution is -0.139. The summed E-state index contributed by atoms with van der Waals surface area (Å²) >= 11 is 6.34. The number of nitrogens with one attached hydrogen (secondary N) is 2. The molecule has 1 heterocycles. The van der Waals surface area contributed by atoms with Gasteiger partial charge in [-0.3, -0.25) is 4.79 Å². The van der Waals surface area contributed by atoms with Crippen LogP contribution in [0, 0.1) is 6.92 Å². The normalized spacial score (nSPS) is 10.8. The van der Waals surface area contributed by atoms with Crippen molar-refractivity contribution in [2.75, 3.05) is 11.9 Å². The SMILES string of the molecule is Cc1cccc(NC(=O)c2ccc3nc(-c4ccc(OCC(=O)O)cc4Cl)[nH]c3c2)c1. The van der Waals surface area contributed by atoms with E-state index in [2.05, 4.69) is 15.3 Å². The number of rotatable bonds is 6. The zero-order chi connectivity index (χ0) is 22.0. The first-order valence-corrected chi connectivity index (χ1v) is 9.79. The number of aliphatic carboxylic acids is 1. The van der Waals surface area contributed by atoms with E-state index in [1.165, 1.54) is 6.07 Å². The molecule has 0 spiro atoms. The lowest BCUT2D eigenvalue weighted by Crippen LogP contribution is -2.11. The van der Waals surface area contributed by atoms with Gasteiger partial charge in [-0.25, -0.2) is 9.78 Å². The van der Waals surface area contributed by atoms with E-state index in [0.29, 0.717) is 38.8 Å². The molecule has 8 heteroatoms. The van der Waals surface area contributed by atoms with Gasteiger partial charge in [0, 0.05) is 16.8 Å². The van der Waals surface area contributed by atoms with Gasteiger partial charge in [-0.2, -0.15) is 0 Å². The summed E-state index contributed by atoms with van der Waals surface area (Å²) in [5.74, 6) is -0.412. The molecular formula is C23H18ClN3O4. The first-order valence-electron chi connectivity index (χ1n) is 9.41. The van der Waals surface area contributed by atoms with Crippen molar-refractivity contribution >= 4 is 40.2 Å². The van der Waals surface area contributed by atoms with Crippen LogP contribution in [0.5, 0.6) is 5.75 Å². The molecule has 0 aliphatic rings. The maximum Gasteiger partial charge on any atom is 0.341 e. The van der Waals surface area contributed by atoms with E-state index in [0.717, 1.165) is 11.3 Å². The highest BCUT2D eigenvalue weighted by atomic mass is 35.5. The molecule has 4 rings (SSSR count). The molecule has 3 N–H and O–H groups in total. The number of amides is 1. The first kappa shape index (κ1) is 20.4. The first-order chi connectivity index (χ1) is 14.9. The predicted octanol–water partition coefficient (Wildman–Crippen LogP) is 4.91. The van der Waals surface area contributed by atoms with Gasteiger partial charge in [0.1, 0.15) is 11.6 Å². The molecule has 1 aromatic heterocycles. The zero-order valence-electron chi connectivity index (χ0n) is 16.5. The Morgan fingerprint density at radius 3 is 2.71 bits per heavy atom. The van der Waals surface area contributed by atoms with Crippen LogP contribution in [0.4, 0.5) is 5.69 Å². The van der Waals surface area contributed by atoms with Crippen LogP contribution in [0.15, 0.2) is 60.7 Å². The fourth-order valence-corrected chi connectivity index (χ4v) is 3.39. The summed E-state index contributed by atoms with van der Waals surface area (Å²) in [5.41, 5.74) is 4.28. The van der Waals surface area contributed by atoms with Crippen LogP contribution < -0.4 is 10.1 Å². The number of nitrogens with zero attached hydrogens (tertiary/aromatic N) is 1. The van der Waals surface area contributed by atoms with Crippen molar-refractivity contribution in [3.05, 3.63) is 76.8 Å². The quantitative estimate of drug-likeness (QED) is 0.399. The van der Waals surface area contributed by atoms with Gasteiger partial charge in [-0.1, -0.05) is 23.7 Å². The number of imidazole rings is 1. The number of fused-ring (bicyclic) bond motifs is 1. The van der Waals surface area contributed by atoms with Crippen molar-refractivity contribution in [1.82, 2.24) is 9.97 Å². The Morgan fingerprint density at radius 1 is 1.13 bits per heavy atom. The number of carbonyl (C=O) groups is 2. The monoisotopic (exact) mass is 435 g/mol. The summed E-state index contributed by atoms with van der Waals surface area (Å²) in [6.45, 7) is 1.51. The Kier molecular flexibility index (Phi) is 5.60. The number of ether oxygens (including phenoxy) is 1. The largest absolute Gasteiger partial charge is 0.482 e. The van der Waals surface area contributed by atoms with E-state index >= 15 is 0 Å². The molecule has 7 nitrogen and oxygen atoms in total. The van der Waals surface area contributed by atoms with Crippen LogP contribution >= 0.6 is 11.6 Å². The van der Waals surface area contributed by atoms with E-state index in [-0.39, 0.29) is 5.91 Å². The number of anilines is 1. The molecule has 0 saturated heterocycles. The number of benzene rings is 3. The van der Waals surface area contributed by atoms with Crippen molar-refractivity contribution in [1.29, 1.82) is 0 Å². The van der Waals surface area contributed by atoms with E-state index in [9.17, 15) is 9.59 Å². The number of carboxylic acid groups (broad SMARTS) is 1. The Bertz CT molecular complexity index is 1300. The van der Waals surface area contributed by atoms with E-state index in [4.69, 9.17) is 21.4 Å². The topological polar surface area (TPSA) is 104 Å².